The van der Waals surface area contributed by atoms with Crippen molar-refractivity contribution >= 4 is 23.0 Å². The van der Waals surface area contributed by atoms with Crippen LogP contribution in [0.2, 0.25) is 0 Å². The van der Waals surface area contributed by atoms with Gasteiger partial charge in [-0.3, -0.25) is 0 Å². The first-order valence-electron chi connectivity index (χ1n) is 8.34. The molecule has 1 unspecified atom stereocenters. The fraction of sp³-hybridized carbons (Fsp3) is 0.350. The zero-order valence-corrected chi connectivity index (χ0v) is 15.8. The molecule has 0 amide bonds. The number of benzene rings is 2. The Kier molecular flexibility index (Phi) is 4.15. The van der Waals surface area contributed by atoms with Crippen molar-refractivity contribution in [3.05, 3.63) is 53.6 Å². The van der Waals surface area contributed by atoms with E-state index in [4.69, 9.17) is 12.2 Å². The van der Waals surface area contributed by atoms with Gasteiger partial charge in [0.05, 0.1) is 5.54 Å². The summed E-state index contributed by atoms with van der Waals surface area (Å²) in [7, 11) is 0. The molecule has 1 aliphatic rings. The van der Waals surface area contributed by atoms with Crippen molar-refractivity contribution < 1.29 is 10.2 Å². The molecule has 1 heterocycles. The number of thiocarbonyl (C=S) groups is 1. The van der Waals surface area contributed by atoms with Gasteiger partial charge in [-0.25, -0.2) is 0 Å². The van der Waals surface area contributed by atoms with Crippen LogP contribution in [0.5, 0.6) is 11.5 Å². The van der Waals surface area contributed by atoms with Crippen LogP contribution in [0.1, 0.15) is 38.3 Å². The molecule has 4 nitrogen and oxygen atoms in total. The minimum Gasteiger partial charge on any atom is -0.508 e. The third kappa shape index (κ3) is 3.16. The molecule has 0 aromatic heterocycles. The van der Waals surface area contributed by atoms with Crippen LogP contribution in [-0.2, 0) is 5.54 Å². The number of aromatic hydroxyl groups is 2. The number of phenols is 2. The van der Waals surface area contributed by atoms with Gasteiger partial charge in [-0.1, -0.05) is 17.7 Å². The number of hydrogen-bond acceptors (Lipinski definition) is 3. The third-order valence-corrected chi connectivity index (χ3v) is 5.07. The monoisotopic (exact) mass is 356 g/mol. The maximum Gasteiger partial charge on any atom is 0.174 e. The summed E-state index contributed by atoms with van der Waals surface area (Å²) in [4.78, 5) is 2.05. The van der Waals surface area contributed by atoms with Crippen molar-refractivity contribution in [2.75, 3.05) is 4.90 Å². The molecule has 0 aliphatic carbocycles. The van der Waals surface area contributed by atoms with E-state index in [-0.39, 0.29) is 17.0 Å². The van der Waals surface area contributed by atoms with Crippen LogP contribution in [0.3, 0.4) is 0 Å². The van der Waals surface area contributed by atoms with Gasteiger partial charge >= 0.3 is 0 Å². The first kappa shape index (κ1) is 17.5. The molecule has 5 heteroatoms. The van der Waals surface area contributed by atoms with Gasteiger partial charge in [-0.2, -0.15) is 0 Å². The number of nitrogens with zero attached hydrogens (tertiary/aromatic N) is 1. The molecular formula is C20H24N2O2S. The van der Waals surface area contributed by atoms with Crippen LogP contribution >= 0.6 is 12.2 Å². The molecule has 25 heavy (non-hydrogen) atoms. The number of anilines is 1. The summed E-state index contributed by atoms with van der Waals surface area (Å²) >= 11 is 5.69. The fourth-order valence-corrected chi connectivity index (χ4v) is 4.42. The quantitative estimate of drug-likeness (QED) is 0.705. The molecule has 0 bridgehead atoms. The minimum atomic E-state index is -0.557. The highest BCUT2D eigenvalue weighted by molar-refractivity contribution is 7.80. The predicted octanol–water partition coefficient (Wildman–Crippen LogP) is 4.18. The van der Waals surface area contributed by atoms with Crippen molar-refractivity contribution in [3.8, 4) is 11.5 Å². The first-order valence-corrected chi connectivity index (χ1v) is 8.75. The first-order chi connectivity index (χ1) is 11.6. The summed E-state index contributed by atoms with van der Waals surface area (Å²) in [5, 5.41) is 24.2. The number of rotatable bonds is 2. The van der Waals surface area contributed by atoms with Gasteiger partial charge in [0.25, 0.3) is 0 Å². The molecule has 2 aromatic rings. The van der Waals surface area contributed by atoms with E-state index in [0.717, 1.165) is 17.7 Å². The lowest BCUT2D eigenvalue weighted by atomic mass is 9.76. The van der Waals surface area contributed by atoms with Crippen molar-refractivity contribution in [2.24, 2.45) is 0 Å². The van der Waals surface area contributed by atoms with Crippen LogP contribution in [0.25, 0.3) is 0 Å². The Bertz CT molecular complexity index is 817. The van der Waals surface area contributed by atoms with E-state index in [9.17, 15) is 10.2 Å². The van der Waals surface area contributed by atoms with Crippen LogP contribution in [0.4, 0.5) is 5.69 Å². The molecule has 0 saturated carbocycles. The van der Waals surface area contributed by atoms with Crippen molar-refractivity contribution in [3.63, 3.8) is 0 Å². The number of aryl methyl sites for hydroxylation is 1. The van der Waals surface area contributed by atoms with Crippen LogP contribution in [0, 0.1) is 6.92 Å². The summed E-state index contributed by atoms with van der Waals surface area (Å²) in [5.41, 5.74) is 2.10. The molecule has 1 atom stereocenters. The predicted molar refractivity (Wildman–Crippen MR) is 105 cm³/mol. The molecular weight excluding hydrogens is 332 g/mol. The van der Waals surface area contributed by atoms with E-state index in [1.165, 1.54) is 11.6 Å². The Morgan fingerprint density at radius 3 is 2.28 bits per heavy atom. The van der Waals surface area contributed by atoms with E-state index < -0.39 is 5.54 Å². The van der Waals surface area contributed by atoms with E-state index in [1.807, 2.05) is 19.1 Å². The Morgan fingerprint density at radius 2 is 1.68 bits per heavy atom. The van der Waals surface area contributed by atoms with Crippen molar-refractivity contribution in [1.82, 2.24) is 5.32 Å². The van der Waals surface area contributed by atoms with Gasteiger partial charge < -0.3 is 20.4 Å². The Labute approximate surface area is 154 Å². The summed E-state index contributed by atoms with van der Waals surface area (Å²) in [6, 6.07) is 12.9. The highest BCUT2D eigenvalue weighted by Gasteiger charge is 2.47. The second kappa shape index (κ2) is 5.92. The molecule has 1 fully saturated rings. The van der Waals surface area contributed by atoms with Gasteiger partial charge in [0, 0.05) is 22.9 Å². The van der Waals surface area contributed by atoms with E-state index in [1.54, 1.807) is 12.1 Å². The molecule has 3 N–H and O–H groups in total. The number of phenolic OH excluding ortho intramolecular Hbond substituents is 2. The van der Waals surface area contributed by atoms with E-state index in [0.29, 0.717) is 5.11 Å². The zero-order chi connectivity index (χ0) is 18.4. The van der Waals surface area contributed by atoms with Crippen molar-refractivity contribution in [1.29, 1.82) is 0 Å². The highest BCUT2D eigenvalue weighted by Crippen LogP contribution is 2.45. The average Bonchev–Trinajstić information content (AvgIpc) is 2.47. The topological polar surface area (TPSA) is 55.7 Å². The largest absolute Gasteiger partial charge is 0.508 e. The average molecular weight is 356 g/mol. The Morgan fingerprint density at radius 1 is 1.04 bits per heavy atom. The number of hydrogen-bond donors (Lipinski definition) is 3. The van der Waals surface area contributed by atoms with E-state index >= 15 is 0 Å². The van der Waals surface area contributed by atoms with Gasteiger partial charge in [-0.15, -0.1) is 0 Å². The standard InChI is InChI=1S/C20H24N2O2S/c1-13-5-7-14(8-6-13)22-18(25)21-19(2,3)12-20(22,4)16-10-9-15(23)11-17(16)24/h5-11,23-24H,12H2,1-4H3,(H,21,25). The summed E-state index contributed by atoms with van der Waals surface area (Å²) in [6.07, 6.45) is 0.729. The molecule has 1 saturated heterocycles. The molecule has 1 aliphatic heterocycles. The van der Waals surface area contributed by atoms with E-state index in [2.05, 4.69) is 43.1 Å². The second-order valence-corrected chi connectivity index (χ2v) is 8.02. The van der Waals surface area contributed by atoms with Crippen LogP contribution in [-0.4, -0.2) is 20.9 Å². The van der Waals surface area contributed by atoms with Crippen LogP contribution in [0.15, 0.2) is 42.5 Å². The fourth-order valence-electron chi connectivity index (χ4n) is 3.84. The summed E-state index contributed by atoms with van der Waals surface area (Å²) in [6.45, 7) is 8.32. The smallest absolute Gasteiger partial charge is 0.174 e. The normalized spacial score (nSPS) is 22.6. The minimum absolute atomic E-state index is 0.0440. The summed E-state index contributed by atoms with van der Waals surface area (Å²) in [5.74, 6) is 0.114. The second-order valence-electron chi connectivity index (χ2n) is 7.64. The molecule has 3 rings (SSSR count). The van der Waals surface area contributed by atoms with Gasteiger partial charge in [0.2, 0.25) is 0 Å². The van der Waals surface area contributed by atoms with Gasteiger partial charge in [-0.05, 0) is 70.6 Å². The lowest BCUT2D eigenvalue weighted by Gasteiger charge is -2.53. The SMILES string of the molecule is Cc1ccc(N2C(=S)NC(C)(C)CC2(C)c2ccc(O)cc2O)cc1. The molecule has 2 aromatic carbocycles. The Hall–Kier alpha value is -2.27. The summed E-state index contributed by atoms with van der Waals surface area (Å²) < 4.78 is 0. The number of nitrogens with one attached hydrogen (secondary N) is 1. The lowest BCUT2D eigenvalue weighted by molar-refractivity contribution is 0.275. The lowest BCUT2D eigenvalue weighted by Crippen LogP contribution is -2.65. The maximum atomic E-state index is 10.5. The van der Waals surface area contributed by atoms with Crippen molar-refractivity contribution in [2.45, 2.75) is 45.2 Å². The van der Waals surface area contributed by atoms with Gasteiger partial charge in [0.15, 0.2) is 5.11 Å². The zero-order valence-electron chi connectivity index (χ0n) is 15.0. The van der Waals surface area contributed by atoms with Gasteiger partial charge in [0.1, 0.15) is 11.5 Å². The highest BCUT2D eigenvalue weighted by atomic mass is 32.1. The molecule has 0 spiro atoms. The maximum absolute atomic E-state index is 10.5. The van der Waals surface area contributed by atoms with Crippen LogP contribution < -0.4 is 10.2 Å². The third-order valence-electron chi connectivity index (χ3n) is 4.78. The molecule has 0 radical (unpaired) electrons. The Balaban J connectivity index is 2.19. The molecule has 132 valence electrons.